The molecule has 0 saturated carbocycles. The molecule has 0 saturated heterocycles. The van der Waals surface area contributed by atoms with E-state index in [2.05, 4.69) is 10.5 Å². The summed E-state index contributed by atoms with van der Waals surface area (Å²) in [4.78, 5) is 11.7. The average molecular weight is 296 g/mol. The van der Waals surface area contributed by atoms with Crippen molar-refractivity contribution in [2.45, 2.75) is 19.4 Å². The Hall–Kier alpha value is -2.28. The summed E-state index contributed by atoms with van der Waals surface area (Å²) >= 11 is 0. The number of aryl methyl sites for hydroxylation is 1. The third-order valence-electron chi connectivity index (χ3n) is 2.83. The molecule has 0 aliphatic carbocycles. The molecule has 0 spiro atoms. The second kappa shape index (κ2) is 6.45. The van der Waals surface area contributed by atoms with Crippen molar-refractivity contribution in [3.05, 3.63) is 52.9 Å². The summed E-state index contributed by atoms with van der Waals surface area (Å²) in [7, 11) is 0. The third kappa shape index (κ3) is 4.09. The summed E-state index contributed by atoms with van der Waals surface area (Å²) in [6, 6.07) is 4.58. The Balaban J connectivity index is 1.87. The Labute approximate surface area is 119 Å². The van der Waals surface area contributed by atoms with Gasteiger partial charge < -0.3 is 14.9 Å². The van der Waals surface area contributed by atoms with E-state index >= 15 is 0 Å². The van der Waals surface area contributed by atoms with E-state index in [1.807, 2.05) is 0 Å². The number of aliphatic hydroxyl groups is 1. The van der Waals surface area contributed by atoms with Crippen molar-refractivity contribution in [3.8, 4) is 0 Å². The lowest BCUT2D eigenvalue weighted by atomic mass is 10.1. The smallest absolute Gasteiger partial charge is 0.273 e. The predicted octanol–water partition coefficient (Wildman–Crippen LogP) is 1.59. The Bertz CT molecular complexity index is 643. The van der Waals surface area contributed by atoms with E-state index in [1.54, 1.807) is 6.92 Å². The van der Waals surface area contributed by atoms with Crippen LogP contribution in [0, 0.1) is 18.6 Å². The van der Waals surface area contributed by atoms with Gasteiger partial charge in [0.05, 0.1) is 6.10 Å². The molecule has 2 aromatic rings. The molecule has 0 bridgehead atoms. The van der Waals surface area contributed by atoms with Crippen molar-refractivity contribution in [1.29, 1.82) is 0 Å². The van der Waals surface area contributed by atoms with E-state index in [1.165, 1.54) is 12.1 Å². The van der Waals surface area contributed by atoms with E-state index in [4.69, 9.17) is 4.52 Å². The van der Waals surface area contributed by atoms with Crippen LogP contribution in [0.25, 0.3) is 0 Å². The number of hydrogen-bond donors (Lipinski definition) is 2. The molecular weight excluding hydrogens is 282 g/mol. The van der Waals surface area contributed by atoms with Crippen molar-refractivity contribution >= 4 is 5.91 Å². The second-order valence-electron chi connectivity index (χ2n) is 4.63. The van der Waals surface area contributed by atoms with Crippen molar-refractivity contribution in [2.75, 3.05) is 6.54 Å². The number of aliphatic hydroxyl groups excluding tert-OH is 1. The van der Waals surface area contributed by atoms with Crippen molar-refractivity contribution in [1.82, 2.24) is 10.5 Å². The number of rotatable bonds is 5. The summed E-state index contributed by atoms with van der Waals surface area (Å²) in [5.74, 6) is -1.41. The Kier molecular flexibility index (Phi) is 4.64. The normalized spacial score (nSPS) is 12.2. The van der Waals surface area contributed by atoms with Gasteiger partial charge in [-0.3, -0.25) is 4.79 Å². The minimum absolute atomic E-state index is 0.0375. The fourth-order valence-corrected chi connectivity index (χ4v) is 1.79. The number of nitrogens with zero attached hydrogens (tertiary/aromatic N) is 1. The average Bonchev–Trinajstić information content (AvgIpc) is 2.86. The first kappa shape index (κ1) is 15.1. The standard InChI is InChI=1S/C14H14F2N2O3/c1-8-4-13(18-21-8)14(20)17-7-11(19)5-9-2-3-10(15)6-12(9)16/h2-4,6,11,19H,5,7H2,1H3,(H,17,20)/t11-/m1/s1. The van der Waals surface area contributed by atoms with Crippen LogP contribution in [0.3, 0.4) is 0 Å². The molecular formula is C14H14F2N2O3. The summed E-state index contributed by atoms with van der Waals surface area (Å²) in [6.07, 6.45) is -1.04. The van der Waals surface area contributed by atoms with Gasteiger partial charge in [-0.2, -0.15) is 0 Å². The van der Waals surface area contributed by atoms with Crippen LogP contribution in [0.4, 0.5) is 8.78 Å². The molecule has 5 nitrogen and oxygen atoms in total. The molecule has 112 valence electrons. The van der Waals surface area contributed by atoms with Crippen LogP contribution in [0.2, 0.25) is 0 Å². The zero-order valence-corrected chi connectivity index (χ0v) is 11.3. The molecule has 1 heterocycles. The van der Waals surface area contributed by atoms with Crippen LogP contribution in [0.1, 0.15) is 21.8 Å². The maximum Gasteiger partial charge on any atom is 0.273 e. The van der Waals surface area contributed by atoms with Crippen LogP contribution in [0.5, 0.6) is 0 Å². The van der Waals surface area contributed by atoms with Crippen molar-refractivity contribution < 1.29 is 23.2 Å². The number of halogens is 2. The molecule has 2 rings (SSSR count). The van der Waals surface area contributed by atoms with Gasteiger partial charge in [0.2, 0.25) is 0 Å². The fraction of sp³-hybridized carbons (Fsp3) is 0.286. The predicted molar refractivity (Wildman–Crippen MR) is 69.6 cm³/mol. The molecule has 1 aromatic heterocycles. The third-order valence-corrected chi connectivity index (χ3v) is 2.83. The number of benzene rings is 1. The van der Waals surface area contributed by atoms with Gasteiger partial charge in [-0.15, -0.1) is 0 Å². The number of hydrogen-bond acceptors (Lipinski definition) is 4. The number of carbonyl (C=O) groups is 1. The van der Waals surface area contributed by atoms with Gasteiger partial charge in [0.1, 0.15) is 17.4 Å². The minimum Gasteiger partial charge on any atom is -0.391 e. The van der Waals surface area contributed by atoms with Crippen LogP contribution in [-0.4, -0.2) is 28.8 Å². The van der Waals surface area contributed by atoms with Gasteiger partial charge in [-0.1, -0.05) is 11.2 Å². The highest BCUT2D eigenvalue weighted by Crippen LogP contribution is 2.11. The largest absolute Gasteiger partial charge is 0.391 e. The van der Waals surface area contributed by atoms with Gasteiger partial charge in [0, 0.05) is 25.1 Å². The molecule has 0 aliphatic rings. The zero-order valence-electron chi connectivity index (χ0n) is 11.3. The summed E-state index contributed by atoms with van der Waals surface area (Å²) in [5, 5.41) is 15.8. The zero-order chi connectivity index (χ0) is 15.4. The van der Waals surface area contributed by atoms with Gasteiger partial charge in [-0.25, -0.2) is 8.78 Å². The first-order valence-electron chi connectivity index (χ1n) is 6.29. The number of nitrogens with one attached hydrogen (secondary N) is 1. The second-order valence-corrected chi connectivity index (χ2v) is 4.63. The van der Waals surface area contributed by atoms with E-state index in [9.17, 15) is 18.7 Å². The molecule has 7 heteroatoms. The highest BCUT2D eigenvalue weighted by molar-refractivity contribution is 5.92. The monoisotopic (exact) mass is 296 g/mol. The summed E-state index contributed by atoms with van der Waals surface area (Å²) in [6.45, 7) is 1.57. The Morgan fingerprint density at radius 2 is 2.19 bits per heavy atom. The molecule has 1 aromatic carbocycles. The van der Waals surface area contributed by atoms with Gasteiger partial charge in [-0.05, 0) is 18.6 Å². The lowest BCUT2D eigenvalue weighted by Crippen LogP contribution is -2.33. The lowest BCUT2D eigenvalue weighted by Gasteiger charge is -2.11. The van der Waals surface area contributed by atoms with Crippen LogP contribution >= 0.6 is 0 Å². The molecule has 0 fully saturated rings. The number of carbonyl (C=O) groups excluding carboxylic acids is 1. The molecule has 1 amide bonds. The topological polar surface area (TPSA) is 75.4 Å². The van der Waals surface area contributed by atoms with Crippen LogP contribution in [0.15, 0.2) is 28.8 Å². The molecule has 0 unspecified atom stereocenters. The van der Waals surface area contributed by atoms with E-state index in [0.29, 0.717) is 5.76 Å². The van der Waals surface area contributed by atoms with Gasteiger partial charge >= 0.3 is 0 Å². The maximum absolute atomic E-state index is 13.4. The molecule has 2 N–H and O–H groups in total. The summed E-state index contributed by atoms with van der Waals surface area (Å²) < 4.78 is 30.9. The van der Waals surface area contributed by atoms with Crippen LogP contribution in [-0.2, 0) is 6.42 Å². The van der Waals surface area contributed by atoms with E-state index in [-0.39, 0.29) is 24.2 Å². The molecule has 0 radical (unpaired) electrons. The van der Waals surface area contributed by atoms with Crippen molar-refractivity contribution in [3.63, 3.8) is 0 Å². The minimum atomic E-state index is -0.998. The van der Waals surface area contributed by atoms with E-state index in [0.717, 1.165) is 12.1 Å². The highest BCUT2D eigenvalue weighted by atomic mass is 19.1. The van der Waals surface area contributed by atoms with Crippen molar-refractivity contribution in [2.24, 2.45) is 0 Å². The number of aromatic nitrogens is 1. The Morgan fingerprint density at radius 3 is 2.81 bits per heavy atom. The molecule has 1 atom stereocenters. The first-order valence-corrected chi connectivity index (χ1v) is 6.29. The Morgan fingerprint density at radius 1 is 1.43 bits per heavy atom. The van der Waals surface area contributed by atoms with Gasteiger partial charge in [0.15, 0.2) is 5.69 Å². The molecule has 21 heavy (non-hydrogen) atoms. The SMILES string of the molecule is Cc1cc(C(=O)NC[C@H](O)Cc2ccc(F)cc2F)no1. The maximum atomic E-state index is 13.4. The highest BCUT2D eigenvalue weighted by Gasteiger charge is 2.14. The quantitative estimate of drug-likeness (QED) is 0.878. The first-order chi connectivity index (χ1) is 9.95. The lowest BCUT2D eigenvalue weighted by molar-refractivity contribution is 0.0906. The number of amides is 1. The van der Waals surface area contributed by atoms with E-state index < -0.39 is 23.6 Å². The fourth-order valence-electron chi connectivity index (χ4n) is 1.79. The van der Waals surface area contributed by atoms with Gasteiger partial charge in [0.25, 0.3) is 5.91 Å². The molecule has 0 aliphatic heterocycles. The van der Waals surface area contributed by atoms with Crippen LogP contribution < -0.4 is 5.32 Å². The summed E-state index contributed by atoms with van der Waals surface area (Å²) in [5.41, 5.74) is 0.281.